The van der Waals surface area contributed by atoms with Crippen molar-refractivity contribution in [3.8, 4) is 35.4 Å². The summed E-state index contributed by atoms with van der Waals surface area (Å²) >= 11 is 0. The van der Waals surface area contributed by atoms with Crippen molar-refractivity contribution in [3.05, 3.63) is 88.1 Å². The molecule has 1 amide bonds. The zero-order valence-electron chi connectivity index (χ0n) is 35.0. The third-order valence-electron chi connectivity index (χ3n) is 12.6. The highest BCUT2D eigenvalue weighted by molar-refractivity contribution is 6.02. The van der Waals surface area contributed by atoms with Crippen LogP contribution in [-0.4, -0.2) is 104 Å². The van der Waals surface area contributed by atoms with E-state index in [-0.39, 0.29) is 71.7 Å². The minimum absolute atomic E-state index is 0.00264. The van der Waals surface area contributed by atoms with Crippen LogP contribution in [0.5, 0.6) is 11.8 Å². The smallest absolute Gasteiger partial charge is 0.461 e. The highest BCUT2D eigenvalue weighted by atomic mass is 19.1. The van der Waals surface area contributed by atoms with Crippen molar-refractivity contribution in [3.63, 3.8) is 0 Å². The summed E-state index contributed by atoms with van der Waals surface area (Å²) in [4.78, 5) is 56.7. The van der Waals surface area contributed by atoms with E-state index in [9.17, 15) is 19.7 Å². The average Bonchev–Trinajstić information content (AvgIpc) is 3.91. The molecule has 0 aliphatic carbocycles. The number of terminal acetylenes is 1. The first-order valence-corrected chi connectivity index (χ1v) is 21.0. The highest BCUT2D eigenvalue weighted by Crippen LogP contribution is 2.44. The number of aromatic nitrogens is 3. The van der Waals surface area contributed by atoms with Gasteiger partial charge in [-0.3, -0.25) is 24.9 Å². The number of pyridine rings is 1. The number of hydrogen-bond acceptors (Lipinski definition) is 13. The Morgan fingerprint density at radius 1 is 1.02 bits per heavy atom. The van der Waals surface area contributed by atoms with Gasteiger partial charge in [0, 0.05) is 48.4 Å². The minimum atomic E-state index is -0.922. The molecule has 4 fully saturated rings. The highest BCUT2D eigenvalue weighted by Gasteiger charge is 2.50. The Balaban J connectivity index is 1.01. The van der Waals surface area contributed by atoms with Gasteiger partial charge in [-0.15, -0.1) is 6.42 Å². The standard InChI is InChI=1S/C46H45F2N7O8/c1-5-33-36(47)17-10-27-8-6-9-34(37(27)33)39-38(48)40-35(22-49-39)41(52-23-29-11-12-30(24-52)54(29)43(56)63-45(2,3)4)51-42(50-40)61-26-46-19-7-21-53(46)31(18-20-46)25-60-44(57)62-32-15-13-28(14-16-32)55(58)59/h1,6,8-10,13-17,22,29-31H,7,11-12,18-21,23-26H2,2-4H3/t29-,30+,31-,46-/m0/s1. The molecule has 5 aromatic rings. The maximum atomic E-state index is 17.3. The molecule has 6 heterocycles. The van der Waals surface area contributed by atoms with Crippen LogP contribution in [0, 0.1) is 34.1 Å². The molecule has 0 saturated carbocycles. The van der Waals surface area contributed by atoms with Gasteiger partial charge in [0.1, 0.15) is 47.4 Å². The SMILES string of the molecule is C#Cc1c(F)ccc2cccc(-c3ncc4c(N5C[C@H]6CC[C@@H](C5)N6C(=O)OC(C)(C)C)nc(OC[C@@]56CCCN5[C@H](COC(=O)Oc5ccc([N+](=O)[O-])cc5)CC6)nc4c3F)c12. The third-order valence-corrected chi connectivity index (χ3v) is 12.6. The Morgan fingerprint density at radius 3 is 2.49 bits per heavy atom. The number of halogens is 2. The van der Waals surface area contributed by atoms with E-state index in [0.717, 1.165) is 38.6 Å². The molecule has 17 heteroatoms. The molecule has 0 unspecified atom stereocenters. The van der Waals surface area contributed by atoms with E-state index in [1.54, 1.807) is 24.3 Å². The van der Waals surface area contributed by atoms with E-state index < -0.39 is 33.9 Å². The van der Waals surface area contributed by atoms with E-state index in [2.05, 4.69) is 20.8 Å². The van der Waals surface area contributed by atoms with Gasteiger partial charge in [0.05, 0.1) is 33.5 Å². The lowest BCUT2D eigenvalue weighted by Gasteiger charge is -2.42. The van der Waals surface area contributed by atoms with Gasteiger partial charge in [0.15, 0.2) is 5.82 Å². The molecule has 4 aliphatic rings. The number of carbonyl (C=O) groups excluding carboxylic acids is 2. The zero-order chi connectivity index (χ0) is 44.2. The first-order valence-electron chi connectivity index (χ1n) is 21.0. The summed E-state index contributed by atoms with van der Waals surface area (Å²) in [7, 11) is 0. The van der Waals surface area contributed by atoms with Crippen molar-refractivity contribution in [2.45, 2.75) is 88.6 Å². The molecule has 2 aromatic heterocycles. The van der Waals surface area contributed by atoms with Crippen LogP contribution in [0.1, 0.15) is 64.9 Å². The van der Waals surface area contributed by atoms with Crippen LogP contribution in [0.4, 0.5) is 29.9 Å². The van der Waals surface area contributed by atoms with Gasteiger partial charge in [-0.05, 0) is 89.4 Å². The van der Waals surface area contributed by atoms with Gasteiger partial charge in [0.25, 0.3) is 5.69 Å². The Labute approximate surface area is 361 Å². The molecule has 0 radical (unpaired) electrons. The topological polar surface area (TPSA) is 163 Å². The van der Waals surface area contributed by atoms with E-state index >= 15 is 8.78 Å². The Morgan fingerprint density at radius 2 is 1.78 bits per heavy atom. The summed E-state index contributed by atoms with van der Waals surface area (Å²) in [5.41, 5.74) is -1.03. The molecule has 4 atom stereocenters. The van der Waals surface area contributed by atoms with Gasteiger partial charge < -0.3 is 23.8 Å². The molecule has 4 saturated heterocycles. The van der Waals surface area contributed by atoms with E-state index in [4.69, 9.17) is 30.4 Å². The third kappa shape index (κ3) is 7.88. The molecule has 63 heavy (non-hydrogen) atoms. The number of carbonyl (C=O) groups is 2. The van der Waals surface area contributed by atoms with Crippen LogP contribution in [0.2, 0.25) is 0 Å². The van der Waals surface area contributed by atoms with Crippen molar-refractivity contribution in [1.82, 2.24) is 24.8 Å². The summed E-state index contributed by atoms with van der Waals surface area (Å²) in [6.45, 7) is 7.29. The number of hydrogen-bond donors (Lipinski definition) is 0. The number of amides is 1. The number of nitro benzene ring substituents is 1. The lowest BCUT2D eigenvalue weighted by molar-refractivity contribution is -0.384. The average molecular weight is 862 g/mol. The second-order valence-electron chi connectivity index (χ2n) is 17.6. The van der Waals surface area contributed by atoms with Crippen molar-refractivity contribution in [2.24, 2.45) is 0 Å². The molecule has 0 N–H and O–H groups in total. The molecule has 9 rings (SSSR count). The molecule has 15 nitrogen and oxygen atoms in total. The molecule has 3 aromatic carbocycles. The van der Waals surface area contributed by atoms with E-state index in [1.807, 2.05) is 30.6 Å². The predicted octanol–water partition coefficient (Wildman–Crippen LogP) is 8.19. The molecule has 4 aliphatic heterocycles. The first kappa shape index (κ1) is 41.7. The number of anilines is 1. The van der Waals surface area contributed by atoms with E-state index in [1.165, 1.54) is 36.5 Å². The van der Waals surface area contributed by atoms with Crippen molar-refractivity contribution < 1.29 is 42.2 Å². The Bertz CT molecular complexity index is 2670. The second-order valence-corrected chi connectivity index (χ2v) is 17.6. The maximum Gasteiger partial charge on any atom is 0.513 e. The van der Waals surface area contributed by atoms with Gasteiger partial charge in [-0.2, -0.15) is 9.97 Å². The number of ether oxygens (including phenoxy) is 4. The summed E-state index contributed by atoms with van der Waals surface area (Å²) in [5.74, 6) is 1.60. The predicted molar refractivity (Wildman–Crippen MR) is 227 cm³/mol. The number of benzene rings is 3. The number of non-ortho nitro benzene ring substituents is 1. The zero-order valence-corrected chi connectivity index (χ0v) is 35.0. The van der Waals surface area contributed by atoms with Crippen LogP contribution in [0.15, 0.2) is 60.8 Å². The summed E-state index contributed by atoms with van der Waals surface area (Å²) in [6.07, 6.45) is 10.6. The van der Waals surface area contributed by atoms with E-state index in [0.29, 0.717) is 47.1 Å². The molecule has 0 spiro atoms. The van der Waals surface area contributed by atoms with Crippen LogP contribution >= 0.6 is 0 Å². The fourth-order valence-corrected chi connectivity index (χ4v) is 9.81. The van der Waals surface area contributed by atoms with Crippen LogP contribution in [-0.2, 0) is 9.47 Å². The largest absolute Gasteiger partial charge is 0.513 e. The van der Waals surface area contributed by atoms with Gasteiger partial charge >= 0.3 is 18.3 Å². The number of fused-ring (bicyclic) bond motifs is 5. The van der Waals surface area contributed by atoms with Crippen molar-refractivity contribution in [2.75, 3.05) is 37.7 Å². The first-order chi connectivity index (χ1) is 30.2. The Hall–Kier alpha value is -6.67. The Kier molecular flexibility index (Phi) is 10.7. The molecule has 2 bridgehead atoms. The van der Waals surface area contributed by atoms with Crippen molar-refractivity contribution >= 4 is 45.4 Å². The van der Waals surface area contributed by atoms with Crippen LogP contribution < -0.4 is 14.4 Å². The molecule has 326 valence electrons. The number of piperazine rings is 1. The fourth-order valence-electron chi connectivity index (χ4n) is 9.81. The summed E-state index contributed by atoms with van der Waals surface area (Å²) < 4.78 is 55.3. The second kappa shape index (κ2) is 16.2. The molecular weight excluding hydrogens is 817 g/mol. The normalized spacial score (nSPS) is 21.9. The van der Waals surface area contributed by atoms with Crippen molar-refractivity contribution in [1.29, 1.82) is 0 Å². The van der Waals surface area contributed by atoms with Crippen LogP contribution in [0.3, 0.4) is 0 Å². The number of rotatable bonds is 9. The number of nitro groups is 1. The van der Waals surface area contributed by atoms with Gasteiger partial charge in [0.2, 0.25) is 0 Å². The van der Waals surface area contributed by atoms with Crippen LogP contribution in [0.25, 0.3) is 32.9 Å². The van der Waals surface area contributed by atoms with Gasteiger partial charge in [-0.25, -0.2) is 18.4 Å². The fraction of sp³-hybridized carbons (Fsp3) is 0.413. The number of nitrogens with zero attached hydrogens (tertiary/aromatic N) is 7. The minimum Gasteiger partial charge on any atom is -0.461 e. The van der Waals surface area contributed by atoms with Gasteiger partial charge in [-0.1, -0.05) is 30.2 Å². The summed E-state index contributed by atoms with van der Waals surface area (Å²) in [6, 6.07) is 12.6. The lowest BCUT2D eigenvalue weighted by atomic mass is 9.95. The lowest BCUT2D eigenvalue weighted by Crippen LogP contribution is -2.57. The quantitative estimate of drug-likeness (QED) is 0.0459. The summed E-state index contributed by atoms with van der Waals surface area (Å²) in [5, 5.41) is 12.3. The molecular formula is C46H45F2N7O8. The maximum absolute atomic E-state index is 17.3. The monoisotopic (exact) mass is 861 g/mol.